The SMILES string of the molecule is CCCCC/C=C\C/C=C\CCCCCCCCCCCC(=O)NC(COP(=O)(O)OCCN)C(O)/C=C/CCCCCCCCCCCCC. The van der Waals surface area contributed by atoms with E-state index >= 15 is 0 Å². The van der Waals surface area contributed by atoms with E-state index in [0.29, 0.717) is 6.42 Å². The minimum atomic E-state index is -4.34. The van der Waals surface area contributed by atoms with Crippen LogP contribution in [0.1, 0.15) is 194 Å². The predicted molar refractivity (Wildman–Crippen MR) is 217 cm³/mol. The van der Waals surface area contributed by atoms with Crippen molar-refractivity contribution in [3.05, 3.63) is 36.5 Å². The third-order valence-electron chi connectivity index (χ3n) is 9.21. The lowest BCUT2D eigenvalue weighted by Crippen LogP contribution is -2.45. The van der Waals surface area contributed by atoms with Gasteiger partial charge in [0.1, 0.15) is 0 Å². The lowest BCUT2D eigenvalue weighted by atomic mass is 10.0. The van der Waals surface area contributed by atoms with Crippen LogP contribution in [0.25, 0.3) is 0 Å². The molecular weight excluding hydrogens is 659 g/mol. The van der Waals surface area contributed by atoms with Gasteiger partial charge in [0.25, 0.3) is 0 Å². The molecule has 1 amide bonds. The van der Waals surface area contributed by atoms with Crippen molar-refractivity contribution in [1.29, 1.82) is 0 Å². The summed E-state index contributed by atoms with van der Waals surface area (Å²) in [4.78, 5) is 22.7. The second kappa shape index (κ2) is 38.4. The molecule has 0 aliphatic rings. The number of aliphatic hydroxyl groups excluding tert-OH is 1. The summed E-state index contributed by atoms with van der Waals surface area (Å²) in [6.07, 6.45) is 44.7. The number of phosphoric ester groups is 1. The van der Waals surface area contributed by atoms with Gasteiger partial charge in [0, 0.05) is 13.0 Å². The molecule has 0 bridgehead atoms. The van der Waals surface area contributed by atoms with Crippen LogP contribution in [0.5, 0.6) is 0 Å². The molecule has 3 atom stereocenters. The smallest absolute Gasteiger partial charge is 0.387 e. The number of nitrogens with one attached hydrogen (secondary N) is 1. The van der Waals surface area contributed by atoms with Crippen LogP contribution in [0.15, 0.2) is 36.5 Å². The molecule has 0 rings (SSSR count). The summed E-state index contributed by atoms with van der Waals surface area (Å²) in [5.74, 6) is -0.200. The van der Waals surface area contributed by atoms with Crippen LogP contribution < -0.4 is 11.1 Å². The molecule has 5 N–H and O–H groups in total. The minimum absolute atomic E-state index is 0.0774. The van der Waals surface area contributed by atoms with E-state index in [9.17, 15) is 19.4 Å². The summed E-state index contributed by atoms with van der Waals surface area (Å²) in [6.45, 7) is 4.10. The van der Waals surface area contributed by atoms with Crippen LogP contribution in [0, 0.1) is 0 Å². The van der Waals surface area contributed by atoms with Gasteiger partial charge in [-0.1, -0.05) is 172 Å². The van der Waals surface area contributed by atoms with Crippen molar-refractivity contribution < 1.29 is 28.4 Å². The Hall–Kier alpha value is -1.28. The lowest BCUT2D eigenvalue weighted by Gasteiger charge is -2.23. The zero-order valence-electron chi connectivity index (χ0n) is 33.1. The molecule has 0 fully saturated rings. The fourth-order valence-corrected chi connectivity index (χ4v) is 6.74. The molecule has 0 aromatic carbocycles. The van der Waals surface area contributed by atoms with Gasteiger partial charge < -0.3 is 21.1 Å². The summed E-state index contributed by atoms with van der Waals surface area (Å²) in [5, 5.41) is 13.6. The molecule has 0 radical (unpaired) electrons. The minimum Gasteiger partial charge on any atom is -0.387 e. The maximum absolute atomic E-state index is 12.7. The third-order valence-corrected chi connectivity index (χ3v) is 10.2. The number of carbonyl (C=O) groups is 1. The highest BCUT2D eigenvalue weighted by molar-refractivity contribution is 7.47. The summed E-state index contributed by atoms with van der Waals surface area (Å²) in [5.41, 5.74) is 5.36. The van der Waals surface area contributed by atoms with Gasteiger partial charge >= 0.3 is 7.82 Å². The van der Waals surface area contributed by atoms with Crippen molar-refractivity contribution in [2.75, 3.05) is 19.8 Å². The Labute approximate surface area is 314 Å². The second-order valence-electron chi connectivity index (χ2n) is 14.2. The first-order chi connectivity index (χ1) is 24.9. The fourth-order valence-electron chi connectivity index (χ4n) is 5.98. The van der Waals surface area contributed by atoms with Crippen molar-refractivity contribution >= 4 is 13.7 Å². The Kier molecular flexibility index (Phi) is 37.5. The molecule has 51 heavy (non-hydrogen) atoms. The van der Waals surface area contributed by atoms with Crippen molar-refractivity contribution in [2.24, 2.45) is 5.73 Å². The molecule has 3 unspecified atom stereocenters. The topological polar surface area (TPSA) is 131 Å². The number of hydrogen-bond donors (Lipinski definition) is 4. The van der Waals surface area contributed by atoms with Gasteiger partial charge in [-0.15, -0.1) is 0 Å². The largest absolute Gasteiger partial charge is 0.472 e. The Balaban J connectivity index is 4.21. The monoisotopic (exact) mass is 741 g/mol. The standard InChI is InChI=1S/C42H81N2O6P/c1-3-5-7-9-11-13-15-17-18-19-20-21-22-24-26-28-30-32-34-36-42(46)44-40(39-50-51(47,48)49-38-37-43)41(45)35-33-31-29-27-25-23-16-14-12-10-8-6-4-2/h11,13,17-18,33,35,40-41,45H,3-10,12,14-16,19-32,34,36-39,43H2,1-2H3,(H,44,46)(H,47,48)/b13-11-,18-17-,35-33+. The zero-order chi connectivity index (χ0) is 37.5. The van der Waals surface area contributed by atoms with Crippen LogP contribution in [-0.4, -0.2) is 47.8 Å². The number of hydrogen-bond acceptors (Lipinski definition) is 6. The van der Waals surface area contributed by atoms with E-state index in [4.69, 9.17) is 14.8 Å². The Morgan fingerprint density at radius 2 is 1.08 bits per heavy atom. The van der Waals surface area contributed by atoms with Gasteiger partial charge in [0.15, 0.2) is 0 Å². The molecule has 0 heterocycles. The molecule has 8 nitrogen and oxygen atoms in total. The van der Waals surface area contributed by atoms with Crippen molar-refractivity contribution in [2.45, 2.75) is 206 Å². The number of allylic oxidation sites excluding steroid dienone is 5. The van der Waals surface area contributed by atoms with Gasteiger partial charge in [0.05, 0.1) is 25.4 Å². The number of unbranched alkanes of at least 4 members (excludes halogenated alkanes) is 23. The molecule has 300 valence electrons. The van der Waals surface area contributed by atoms with Crippen LogP contribution in [0.2, 0.25) is 0 Å². The van der Waals surface area contributed by atoms with Gasteiger partial charge in [-0.05, 0) is 51.4 Å². The van der Waals surface area contributed by atoms with Crippen LogP contribution in [-0.2, 0) is 18.4 Å². The van der Waals surface area contributed by atoms with E-state index in [2.05, 4.69) is 43.5 Å². The first-order valence-electron chi connectivity index (χ1n) is 21.1. The molecule has 0 saturated heterocycles. The van der Waals surface area contributed by atoms with E-state index in [1.165, 1.54) is 128 Å². The second-order valence-corrected chi connectivity index (χ2v) is 15.7. The van der Waals surface area contributed by atoms with Gasteiger partial charge in [0.2, 0.25) is 5.91 Å². The Morgan fingerprint density at radius 3 is 1.59 bits per heavy atom. The molecule has 0 aromatic heterocycles. The van der Waals surface area contributed by atoms with E-state index in [1.807, 2.05) is 6.08 Å². The maximum Gasteiger partial charge on any atom is 0.472 e. The molecular formula is C42H81N2O6P. The Morgan fingerprint density at radius 1 is 0.647 bits per heavy atom. The number of nitrogens with two attached hydrogens (primary N) is 1. The lowest BCUT2D eigenvalue weighted by molar-refractivity contribution is -0.123. The zero-order valence-corrected chi connectivity index (χ0v) is 34.0. The molecule has 0 aliphatic heterocycles. The molecule has 0 saturated carbocycles. The van der Waals surface area contributed by atoms with E-state index in [0.717, 1.165) is 44.9 Å². The fraction of sp³-hybridized carbons (Fsp3) is 0.833. The summed E-state index contributed by atoms with van der Waals surface area (Å²) in [6, 6.07) is -0.860. The Bertz CT molecular complexity index is 897. The number of phosphoric acid groups is 1. The summed E-state index contributed by atoms with van der Waals surface area (Å²) >= 11 is 0. The van der Waals surface area contributed by atoms with E-state index in [-0.39, 0.29) is 25.7 Å². The van der Waals surface area contributed by atoms with Gasteiger partial charge in [-0.25, -0.2) is 4.57 Å². The first kappa shape index (κ1) is 49.7. The molecule has 9 heteroatoms. The maximum atomic E-state index is 12.7. The average molecular weight is 741 g/mol. The number of carbonyl (C=O) groups excluding carboxylic acids is 1. The van der Waals surface area contributed by atoms with Crippen LogP contribution in [0.4, 0.5) is 0 Å². The number of aliphatic hydroxyl groups is 1. The van der Waals surface area contributed by atoms with E-state index < -0.39 is 20.0 Å². The normalized spacial score (nSPS) is 14.5. The number of rotatable bonds is 39. The highest BCUT2D eigenvalue weighted by atomic mass is 31.2. The molecule has 0 aliphatic carbocycles. The van der Waals surface area contributed by atoms with Crippen molar-refractivity contribution in [1.82, 2.24) is 5.32 Å². The molecule has 0 spiro atoms. The van der Waals surface area contributed by atoms with Gasteiger partial charge in [-0.2, -0.15) is 0 Å². The summed E-state index contributed by atoms with van der Waals surface area (Å²) in [7, 11) is -4.34. The van der Waals surface area contributed by atoms with E-state index in [1.54, 1.807) is 6.08 Å². The highest BCUT2D eigenvalue weighted by Crippen LogP contribution is 2.43. The number of amides is 1. The van der Waals surface area contributed by atoms with Gasteiger partial charge in [-0.3, -0.25) is 13.8 Å². The van der Waals surface area contributed by atoms with Crippen LogP contribution in [0.3, 0.4) is 0 Å². The molecule has 0 aromatic rings. The summed E-state index contributed by atoms with van der Waals surface area (Å²) < 4.78 is 22.1. The third kappa shape index (κ3) is 36.9. The highest BCUT2D eigenvalue weighted by Gasteiger charge is 2.26. The first-order valence-corrected chi connectivity index (χ1v) is 22.6. The van der Waals surface area contributed by atoms with Crippen LogP contribution >= 0.6 is 7.82 Å². The van der Waals surface area contributed by atoms with Crippen molar-refractivity contribution in [3.63, 3.8) is 0 Å². The van der Waals surface area contributed by atoms with Crippen molar-refractivity contribution in [3.8, 4) is 0 Å². The predicted octanol–water partition coefficient (Wildman–Crippen LogP) is 11.6. The average Bonchev–Trinajstić information content (AvgIpc) is 3.12. The quantitative estimate of drug-likeness (QED) is 0.0280.